The Balaban J connectivity index is 1.89. The molecule has 1 aliphatic carbocycles. The van der Waals surface area contributed by atoms with E-state index in [4.69, 9.17) is 0 Å². The molecule has 1 saturated heterocycles. The monoisotopic (exact) mass is 268 g/mol. The van der Waals surface area contributed by atoms with E-state index >= 15 is 0 Å². The average Bonchev–Trinajstić information content (AvgIpc) is 2.40. The number of carbonyl (C=O) groups excluding carboxylic acids is 1. The van der Waals surface area contributed by atoms with Crippen LogP contribution in [0, 0.1) is 5.41 Å². The summed E-state index contributed by atoms with van der Waals surface area (Å²) in [5.74, 6) is -0.938. The Kier molecular flexibility index (Phi) is 4.80. The van der Waals surface area contributed by atoms with Crippen molar-refractivity contribution in [2.45, 2.75) is 57.8 Å². The first kappa shape index (κ1) is 14.3. The van der Waals surface area contributed by atoms with Crippen LogP contribution >= 0.6 is 0 Å². The Labute approximate surface area is 114 Å². The van der Waals surface area contributed by atoms with Gasteiger partial charge in [-0.3, -0.25) is 15.0 Å². The molecule has 5 nitrogen and oxygen atoms in total. The van der Waals surface area contributed by atoms with E-state index in [1.54, 1.807) is 0 Å². The lowest BCUT2D eigenvalue weighted by molar-refractivity contribution is -0.155. The number of hydrogen-bond donors (Lipinski definition) is 2. The topological polar surface area (TPSA) is 69.6 Å². The van der Waals surface area contributed by atoms with Gasteiger partial charge in [-0.2, -0.15) is 0 Å². The van der Waals surface area contributed by atoms with Gasteiger partial charge >= 0.3 is 5.97 Å². The number of amides is 1. The Bertz CT molecular complexity index is 332. The first-order valence-electron chi connectivity index (χ1n) is 7.40. The number of carboxylic acids is 1. The van der Waals surface area contributed by atoms with Crippen molar-refractivity contribution in [2.75, 3.05) is 13.1 Å². The Morgan fingerprint density at radius 2 is 1.58 bits per heavy atom. The summed E-state index contributed by atoms with van der Waals surface area (Å²) in [4.78, 5) is 23.6. The van der Waals surface area contributed by atoms with Crippen molar-refractivity contribution in [3.63, 3.8) is 0 Å². The van der Waals surface area contributed by atoms with Gasteiger partial charge in [-0.15, -0.1) is 0 Å². The summed E-state index contributed by atoms with van der Waals surface area (Å²) < 4.78 is 0. The number of rotatable bonds is 4. The van der Waals surface area contributed by atoms with Crippen molar-refractivity contribution in [3.8, 4) is 0 Å². The molecule has 0 aromatic heterocycles. The fraction of sp³-hybridized carbons (Fsp3) is 0.857. The van der Waals surface area contributed by atoms with E-state index in [1.165, 1.54) is 6.42 Å². The molecule has 2 rings (SSSR count). The van der Waals surface area contributed by atoms with Crippen LogP contribution in [0.1, 0.15) is 57.8 Å². The highest BCUT2D eigenvalue weighted by molar-refractivity contribution is 5.84. The van der Waals surface area contributed by atoms with Crippen molar-refractivity contribution in [1.29, 1.82) is 0 Å². The number of carboxylic acid groups (broad SMARTS) is 1. The van der Waals surface area contributed by atoms with Crippen LogP contribution in [0.4, 0.5) is 0 Å². The van der Waals surface area contributed by atoms with Gasteiger partial charge in [0.05, 0.1) is 5.41 Å². The molecule has 0 aromatic carbocycles. The fourth-order valence-corrected chi connectivity index (χ4v) is 3.22. The maximum absolute atomic E-state index is 12.1. The predicted octanol–water partition coefficient (Wildman–Crippen LogP) is 1.93. The largest absolute Gasteiger partial charge is 0.481 e. The molecule has 1 amide bonds. The van der Waals surface area contributed by atoms with Crippen molar-refractivity contribution in [2.24, 2.45) is 5.41 Å². The average molecular weight is 268 g/mol. The van der Waals surface area contributed by atoms with Gasteiger partial charge in [0.1, 0.15) is 0 Å². The minimum Gasteiger partial charge on any atom is -0.481 e. The van der Waals surface area contributed by atoms with Crippen molar-refractivity contribution in [3.05, 3.63) is 0 Å². The molecular formula is C14H24N2O3. The molecule has 1 heterocycles. The summed E-state index contributed by atoms with van der Waals surface area (Å²) in [6, 6.07) is 0. The number of nitrogens with zero attached hydrogens (tertiary/aromatic N) is 1. The zero-order chi connectivity index (χ0) is 13.7. The molecule has 0 bridgehead atoms. The zero-order valence-electron chi connectivity index (χ0n) is 11.5. The van der Waals surface area contributed by atoms with Crippen molar-refractivity contribution < 1.29 is 14.7 Å². The highest BCUT2D eigenvalue weighted by Gasteiger charge is 2.41. The summed E-state index contributed by atoms with van der Waals surface area (Å²) in [5.41, 5.74) is 2.06. The van der Waals surface area contributed by atoms with E-state index < -0.39 is 11.4 Å². The standard InChI is InChI=1S/C14H24N2O3/c17-12(15-16-9-5-2-6-10-16)11-14(13(18)19)7-3-1-4-8-14/h1-11H2,(H,15,17)(H,18,19). The summed E-state index contributed by atoms with van der Waals surface area (Å²) in [6.45, 7) is 1.76. The molecule has 1 aliphatic heterocycles. The SMILES string of the molecule is O=C(CC1(C(=O)O)CCCCC1)NN1CCCCC1. The number of piperidine rings is 1. The summed E-state index contributed by atoms with van der Waals surface area (Å²) in [5, 5.41) is 11.4. The molecule has 2 aliphatic rings. The molecule has 2 fully saturated rings. The minimum absolute atomic E-state index is 0.124. The second-order valence-electron chi connectivity index (χ2n) is 5.91. The van der Waals surface area contributed by atoms with Crippen LogP contribution in [0.15, 0.2) is 0 Å². The Morgan fingerprint density at radius 3 is 2.16 bits per heavy atom. The maximum atomic E-state index is 12.1. The van der Waals surface area contributed by atoms with Crippen LogP contribution in [0.3, 0.4) is 0 Å². The molecule has 0 radical (unpaired) electrons. The Morgan fingerprint density at radius 1 is 1.00 bits per heavy atom. The van der Waals surface area contributed by atoms with Gasteiger partial charge in [-0.25, -0.2) is 5.01 Å². The molecular weight excluding hydrogens is 244 g/mol. The molecule has 19 heavy (non-hydrogen) atoms. The summed E-state index contributed by atoms with van der Waals surface area (Å²) >= 11 is 0. The van der Waals surface area contributed by atoms with Crippen LogP contribution in [0.5, 0.6) is 0 Å². The lowest BCUT2D eigenvalue weighted by Crippen LogP contribution is -2.47. The van der Waals surface area contributed by atoms with Gasteiger partial charge in [0, 0.05) is 19.5 Å². The number of hydrazine groups is 1. The quantitative estimate of drug-likeness (QED) is 0.817. The van der Waals surface area contributed by atoms with Crippen molar-refractivity contribution >= 4 is 11.9 Å². The van der Waals surface area contributed by atoms with Gasteiger partial charge in [0.15, 0.2) is 0 Å². The van der Waals surface area contributed by atoms with Crippen LogP contribution in [-0.4, -0.2) is 35.1 Å². The zero-order valence-corrected chi connectivity index (χ0v) is 11.5. The van der Waals surface area contributed by atoms with E-state index in [1.807, 2.05) is 5.01 Å². The first-order valence-corrected chi connectivity index (χ1v) is 7.40. The predicted molar refractivity (Wildman–Crippen MR) is 71.3 cm³/mol. The van der Waals surface area contributed by atoms with Gasteiger partial charge in [0.2, 0.25) is 5.91 Å². The van der Waals surface area contributed by atoms with Crippen LogP contribution in [0.25, 0.3) is 0 Å². The molecule has 108 valence electrons. The minimum atomic E-state index is -0.821. The Hall–Kier alpha value is -1.10. The fourth-order valence-electron chi connectivity index (χ4n) is 3.22. The third-order valence-electron chi connectivity index (χ3n) is 4.40. The molecule has 1 saturated carbocycles. The van der Waals surface area contributed by atoms with Gasteiger partial charge in [-0.05, 0) is 25.7 Å². The normalized spacial score (nSPS) is 23.8. The number of aliphatic carboxylic acids is 1. The molecule has 0 atom stereocenters. The third kappa shape index (κ3) is 3.69. The number of hydrogen-bond acceptors (Lipinski definition) is 3. The third-order valence-corrected chi connectivity index (χ3v) is 4.40. The lowest BCUT2D eigenvalue weighted by atomic mass is 9.71. The molecule has 5 heteroatoms. The first-order chi connectivity index (χ1) is 9.12. The smallest absolute Gasteiger partial charge is 0.310 e. The van der Waals surface area contributed by atoms with E-state index in [2.05, 4.69) is 5.43 Å². The molecule has 0 aromatic rings. The second-order valence-corrected chi connectivity index (χ2v) is 5.91. The summed E-state index contributed by atoms with van der Waals surface area (Å²) in [7, 11) is 0. The van der Waals surface area contributed by atoms with Gasteiger partial charge in [0.25, 0.3) is 0 Å². The lowest BCUT2D eigenvalue weighted by Gasteiger charge is -2.34. The van der Waals surface area contributed by atoms with Crippen LogP contribution in [0.2, 0.25) is 0 Å². The number of carbonyl (C=O) groups is 2. The van der Waals surface area contributed by atoms with Crippen LogP contribution < -0.4 is 5.43 Å². The highest BCUT2D eigenvalue weighted by Crippen LogP contribution is 2.39. The highest BCUT2D eigenvalue weighted by atomic mass is 16.4. The molecule has 0 unspecified atom stereocenters. The van der Waals surface area contributed by atoms with E-state index in [0.717, 1.165) is 45.2 Å². The second kappa shape index (κ2) is 6.37. The van der Waals surface area contributed by atoms with E-state index in [-0.39, 0.29) is 12.3 Å². The van der Waals surface area contributed by atoms with E-state index in [9.17, 15) is 14.7 Å². The van der Waals surface area contributed by atoms with Crippen molar-refractivity contribution in [1.82, 2.24) is 10.4 Å². The van der Waals surface area contributed by atoms with Gasteiger partial charge < -0.3 is 5.11 Å². The van der Waals surface area contributed by atoms with E-state index in [0.29, 0.717) is 12.8 Å². The summed E-state index contributed by atoms with van der Waals surface area (Å²) in [6.07, 6.45) is 7.74. The van der Waals surface area contributed by atoms with Gasteiger partial charge in [-0.1, -0.05) is 25.7 Å². The molecule has 2 N–H and O–H groups in total. The maximum Gasteiger partial charge on any atom is 0.310 e. The molecule has 0 spiro atoms. The number of nitrogens with one attached hydrogen (secondary N) is 1. The van der Waals surface area contributed by atoms with Crippen LogP contribution in [-0.2, 0) is 9.59 Å².